The molecule has 0 aliphatic carbocycles. The van der Waals surface area contributed by atoms with Gasteiger partial charge >= 0.3 is 0 Å². The Morgan fingerprint density at radius 2 is 0.760 bits per heavy atom. The Kier molecular flexibility index (Phi) is 7.41. The van der Waals surface area contributed by atoms with E-state index in [-0.39, 0.29) is 0 Å². The van der Waals surface area contributed by atoms with Crippen molar-refractivity contribution in [3.63, 3.8) is 0 Å². The summed E-state index contributed by atoms with van der Waals surface area (Å²) in [5.41, 5.74) is 10.4. The van der Waals surface area contributed by atoms with Crippen molar-refractivity contribution >= 4 is 21.8 Å². The number of aromatic nitrogens is 5. The highest BCUT2D eigenvalue weighted by Gasteiger charge is 2.18. The molecule has 0 aliphatic heterocycles. The zero-order valence-corrected chi connectivity index (χ0v) is 27.0. The van der Waals surface area contributed by atoms with E-state index in [1.54, 1.807) is 0 Å². The van der Waals surface area contributed by atoms with Crippen molar-refractivity contribution in [1.29, 1.82) is 0 Å². The number of hydrogen-bond acceptors (Lipinski definition) is 5. The molecule has 0 aliphatic rings. The Balaban J connectivity index is 1.26. The van der Waals surface area contributed by atoms with E-state index in [0.29, 0.717) is 17.5 Å². The van der Waals surface area contributed by atoms with Crippen LogP contribution in [0.15, 0.2) is 176 Å². The first-order valence-corrected chi connectivity index (χ1v) is 16.6. The van der Waals surface area contributed by atoms with Crippen LogP contribution in [0.25, 0.3) is 89.6 Å². The Hall–Kier alpha value is -6.85. The summed E-state index contributed by atoms with van der Waals surface area (Å²) in [4.78, 5) is 25.6. The predicted molar refractivity (Wildman–Crippen MR) is 203 cm³/mol. The lowest BCUT2D eigenvalue weighted by molar-refractivity contribution is 1.07. The van der Waals surface area contributed by atoms with Gasteiger partial charge in [0.15, 0.2) is 17.5 Å². The average Bonchev–Trinajstić information content (AvgIpc) is 3.21. The van der Waals surface area contributed by atoms with Gasteiger partial charge in [-0.1, -0.05) is 164 Å². The minimum atomic E-state index is 0.587. The first kappa shape index (κ1) is 29.3. The third-order valence-corrected chi connectivity index (χ3v) is 8.94. The summed E-state index contributed by atoms with van der Waals surface area (Å²) in [5, 5.41) is 2.08. The van der Waals surface area contributed by atoms with Gasteiger partial charge in [-0.25, -0.2) is 24.9 Å². The van der Waals surface area contributed by atoms with Crippen LogP contribution < -0.4 is 0 Å². The van der Waals surface area contributed by atoms with Gasteiger partial charge in [0.05, 0.1) is 22.4 Å². The van der Waals surface area contributed by atoms with Gasteiger partial charge in [0.1, 0.15) is 0 Å². The number of fused-ring (bicyclic) bond motifs is 3. The molecule has 6 aromatic carbocycles. The van der Waals surface area contributed by atoms with Crippen LogP contribution in [0, 0.1) is 0 Å². The minimum Gasteiger partial charge on any atom is -0.245 e. The molecule has 3 heterocycles. The molecule has 0 unspecified atom stereocenters. The molecule has 5 heteroatoms. The van der Waals surface area contributed by atoms with Gasteiger partial charge < -0.3 is 0 Å². The molecule has 0 spiro atoms. The quantitative estimate of drug-likeness (QED) is 0.169. The van der Waals surface area contributed by atoms with E-state index in [9.17, 15) is 0 Å². The van der Waals surface area contributed by atoms with Gasteiger partial charge in [0.25, 0.3) is 0 Å². The minimum absolute atomic E-state index is 0.587. The fourth-order valence-electron chi connectivity index (χ4n) is 6.47. The summed E-state index contributed by atoms with van der Waals surface area (Å²) < 4.78 is 0. The lowest BCUT2D eigenvalue weighted by Gasteiger charge is -2.14. The molecule has 9 rings (SSSR count). The smallest absolute Gasteiger partial charge is 0.164 e. The molecule has 3 aromatic heterocycles. The van der Waals surface area contributed by atoms with Crippen molar-refractivity contribution in [2.75, 3.05) is 0 Å². The molecular weight excluding hydrogens is 611 g/mol. The lowest BCUT2D eigenvalue weighted by Crippen LogP contribution is -2.01. The maximum Gasteiger partial charge on any atom is 0.164 e. The highest BCUT2D eigenvalue weighted by molar-refractivity contribution is 6.09. The third kappa shape index (κ3) is 5.47. The van der Waals surface area contributed by atoms with Gasteiger partial charge in [0.2, 0.25) is 0 Å². The highest BCUT2D eigenvalue weighted by atomic mass is 15.0. The van der Waals surface area contributed by atoms with E-state index < -0.39 is 0 Å². The van der Waals surface area contributed by atoms with Crippen LogP contribution in [0.4, 0.5) is 0 Å². The maximum atomic E-state index is 5.36. The van der Waals surface area contributed by atoms with Crippen molar-refractivity contribution in [3.05, 3.63) is 176 Å². The normalized spacial score (nSPS) is 11.2. The fraction of sp³-hybridized carbons (Fsp3) is 0. The van der Waals surface area contributed by atoms with Crippen LogP contribution in [0.2, 0.25) is 0 Å². The summed E-state index contributed by atoms with van der Waals surface area (Å²) >= 11 is 0. The second-order valence-corrected chi connectivity index (χ2v) is 12.1. The van der Waals surface area contributed by atoms with E-state index in [4.69, 9.17) is 24.9 Å². The van der Waals surface area contributed by atoms with Crippen LogP contribution in [-0.4, -0.2) is 24.9 Å². The van der Waals surface area contributed by atoms with Crippen molar-refractivity contribution in [2.45, 2.75) is 0 Å². The lowest BCUT2D eigenvalue weighted by atomic mass is 9.96. The van der Waals surface area contributed by atoms with E-state index in [0.717, 1.165) is 72.1 Å². The second kappa shape index (κ2) is 12.6. The molecular formula is C45H29N5. The molecule has 0 bridgehead atoms. The Labute approximate surface area is 289 Å². The molecule has 0 atom stereocenters. The first-order valence-electron chi connectivity index (χ1n) is 16.6. The van der Waals surface area contributed by atoms with Gasteiger partial charge in [-0.15, -0.1) is 0 Å². The summed E-state index contributed by atoms with van der Waals surface area (Å²) in [6, 6.07) is 59.8. The molecule has 9 aromatic rings. The van der Waals surface area contributed by atoms with Gasteiger partial charge in [-0.3, -0.25) is 0 Å². The Bertz CT molecular complexity index is 2570. The van der Waals surface area contributed by atoms with Crippen molar-refractivity contribution in [2.24, 2.45) is 0 Å². The average molecular weight is 640 g/mol. The van der Waals surface area contributed by atoms with E-state index in [1.165, 1.54) is 0 Å². The molecule has 5 nitrogen and oxygen atoms in total. The number of rotatable bonds is 6. The van der Waals surface area contributed by atoms with Crippen LogP contribution >= 0.6 is 0 Å². The standard InChI is InChI=1S/C45H29N5/c1-5-15-30(16-6-1)38-29-40(31-17-7-2-8-18-31)47-42-36(38)27-25-32-26-28-39(46-41(32)42)35-23-13-14-24-37(35)45-49-43(33-19-9-3-10-20-33)48-44(50-45)34-21-11-4-12-22-34/h1-29H. The number of hydrogen-bond donors (Lipinski definition) is 0. The summed E-state index contributed by atoms with van der Waals surface area (Å²) in [6.45, 7) is 0. The summed E-state index contributed by atoms with van der Waals surface area (Å²) in [5.74, 6) is 1.82. The Morgan fingerprint density at radius 1 is 0.280 bits per heavy atom. The zero-order chi connectivity index (χ0) is 33.3. The van der Waals surface area contributed by atoms with Crippen LogP contribution in [0.1, 0.15) is 0 Å². The molecule has 0 fully saturated rings. The zero-order valence-electron chi connectivity index (χ0n) is 27.0. The van der Waals surface area contributed by atoms with Gasteiger partial charge in [-0.05, 0) is 23.3 Å². The van der Waals surface area contributed by atoms with E-state index in [2.05, 4.69) is 78.9 Å². The monoisotopic (exact) mass is 639 g/mol. The second-order valence-electron chi connectivity index (χ2n) is 12.1. The molecule has 0 amide bonds. The maximum absolute atomic E-state index is 5.36. The van der Waals surface area contributed by atoms with E-state index in [1.807, 2.05) is 97.1 Å². The summed E-state index contributed by atoms with van der Waals surface area (Å²) in [7, 11) is 0. The molecule has 0 N–H and O–H groups in total. The highest BCUT2D eigenvalue weighted by Crippen LogP contribution is 2.37. The first-order chi connectivity index (χ1) is 24.8. The van der Waals surface area contributed by atoms with Gasteiger partial charge in [-0.2, -0.15) is 0 Å². The van der Waals surface area contributed by atoms with Crippen LogP contribution in [-0.2, 0) is 0 Å². The molecule has 0 saturated heterocycles. The topological polar surface area (TPSA) is 64.5 Å². The largest absolute Gasteiger partial charge is 0.245 e. The van der Waals surface area contributed by atoms with Crippen molar-refractivity contribution < 1.29 is 0 Å². The Morgan fingerprint density at radius 3 is 1.38 bits per heavy atom. The molecule has 0 radical (unpaired) electrons. The van der Waals surface area contributed by atoms with Crippen LogP contribution in [0.3, 0.4) is 0 Å². The number of benzene rings is 6. The predicted octanol–water partition coefficient (Wildman–Crippen LogP) is 11.0. The number of pyridine rings is 2. The van der Waals surface area contributed by atoms with Crippen molar-refractivity contribution in [1.82, 2.24) is 24.9 Å². The SMILES string of the molecule is c1ccc(-c2cc(-c3ccccc3)c3ccc4ccc(-c5ccccc5-c5nc(-c6ccccc6)nc(-c6ccccc6)n5)nc4c3n2)cc1. The third-order valence-electron chi connectivity index (χ3n) is 8.94. The molecule has 234 valence electrons. The molecule has 0 saturated carbocycles. The van der Waals surface area contributed by atoms with Crippen molar-refractivity contribution in [3.8, 4) is 67.8 Å². The molecule has 50 heavy (non-hydrogen) atoms. The number of nitrogens with zero attached hydrogens (tertiary/aromatic N) is 5. The van der Waals surface area contributed by atoms with Crippen LogP contribution in [0.5, 0.6) is 0 Å². The fourth-order valence-corrected chi connectivity index (χ4v) is 6.47. The van der Waals surface area contributed by atoms with E-state index >= 15 is 0 Å². The van der Waals surface area contributed by atoms with Gasteiger partial charge in [0, 0.05) is 38.6 Å². The summed E-state index contributed by atoms with van der Waals surface area (Å²) in [6.07, 6.45) is 0.